The SMILES string of the molecule is CC[Si](C)(C)c1cc(NC(=O)Nc2ccc(OCCN3CCOCC3)c3ccccc23)n(-c2ccc(C)cc2)n1. The Hall–Kier alpha value is -3.66. The predicted octanol–water partition coefficient (Wildman–Crippen LogP) is 5.62. The van der Waals surface area contributed by atoms with Gasteiger partial charge in [-0.25, -0.2) is 9.48 Å². The van der Waals surface area contributed by atoms with Crippen LogP contribution in [-0.2, 0) is 4.74 Å². The number of carbonyl (C=O) groups is 1. The van der Waals surface area contributed by atoms with Gasteiger partial charge in [0.15, 0.2) is 0 Å². The number of aryl methyl sites for hydroxylation is 1. The molecule has 1 saturated heterocycles. The molecule has 0 bridgehead atoms. The van der Waals surface area contributed by atoms with E-state index >= 15 is 0 Å². The fraction of sp³-hybridized carbons (Fsp3) is 0.355. The lowest BCUT2D eigenvalue weighted by atomic mass is 10.1. The second kappa shape index (κ2) is 12.2. The molecule has 2 heterocycles. The molecule has 0 unspecified atom stereocenters. The van der Waals surface area contributed by atoms with Gasteiger partial charge in [0.25, 0.3) is 0 Å². The molecule has 0 aliphatic carbocycles. The number of benzene rings is 3. The maximum absolute atomic E-state index is 13.3. The lowest BCUT2D eigenvalue weighted by Gasteiger charge is -2.26. The molecule has 4 aromatic rings. The Bertz CT molecular complexity index is 1460. The summed E-state index contributed by atoms with van der Waals surface area (Å²) >= 11 is 0. The number of carbonyl (C=O) groups excluding carboxylic acids is 1. The molecule has 9 heteroatoms. The molecule has 3 aromatic carbocycles. The van der Waals surface area contributed by atoms with Gasteiger partial charge >= 0.3 is 6.03 Å². The van der Waals surface area contributed by atoms with Crippen LogP contribution in [0.4, 0.5) is 16.3 Å². The maximum Gasteiger partial charge on any atom is 0.324 e. The molecule has 8 nitrogen and oxygen atoms in total. The van der Waals surface area contributed by atoms with Crippen molar-refractivity contribution in [2.24, 2.45) is 0 Å². The van der Waals surface area contributed by atoms with Crippen LogP contribution in [-0.4, -0.2) is 68.2 Å². The molecule has 0 radical (unpaired) electrons. The number of hydrogen-bond donors (Lipinski definition) is 2. The molecule has 40 heavy (non-hydrogen) atoms. The molecule has 1 aromatic heterocycles. The van der Waals surface area contributed by atoms with Crippen molar-refractivity contribution in [3.05, 3.63) is 72.3 Å². The van der Waals surface area contributed by atoms with E-state index in [1.807, 2.05) is 59.3 Å². The minimum Gasteiger partial charge on any atom is -0.492 e. The van der Waals surface area contributed by atoms with Crippen LogP contribution in [0.25, 0.3) is 16.5 Å². The van der Waals surface area contributed by atoms with Crippen molar-refractivity contribution >= 4 is 41.7 Å². The third-order valence-electron chi connectivity index (χ3n) is 7.71. The summed E-state index contributed by atoms with van der Waals surface area (Å²) < 4.78 is 13.4. The summed E-state index contributed by atoms with van der Waals surface area (Å²) in [5, 5.41) is 14.0. The number of nitrogens with one attached hydrogen (secondary N) is 2. The Morgan fingerprint density at radius 1 is 1.00 bits per heavy atom. The van der Waals surface area contributed by atoms with Gasteiger partial charge in [0, 0.05) is 35.7 Å². The zero-order chi connectivity index (χ0) is 28.1. The minimum absolute atomic E-state index is 0.318. The molecule has 2 N–H and O–H groups in total. The quantitative estimate of drug-likeness (QED) is 0.261. The van der Waals surface area contributed by atoms with E-state index in [1.165, 1.54) is 5.56 Å². The number of nitrogens with zero attached hydrogens (tertiary/aromatic N) is 3. The van der Waals surface area contributed by atoms with Crippen LogP contribution in [0.15, 0.2) is 66.7 Å². The van der Waals surface area contributed by atoms with E-state index in [1.54, 1.807) is 0 Å². The molecule has 1 aliphatic rings. The molecular weight excluding hydrogens is 518 g/mol. The minimum atomic E-state index is -1.72. The van der Waals surface area contributed by atoms with Crippen molar-refractivity contribution in [3.63, 3.8) is 0 Å². The normalized spacial score (nSPS) is 14.3. The van der Waals surface area contributed by atoms with Crippen molar-refractivity contribution in [1.82, 2.24) is 14.7 Å². The van der Waals surface area contributed by atoms with Crippen molar-refractivity contribution < 1.29 is 14.3 Å². The first kappa shape index (κ1) is 27.9. The largest absolute Gasteiger partial charge is 0.492 e. The van der Waals surface area contributed by atoms with E-state index in [0.717, 1.165) is 72.1 Å². The van der Waals surface area contributed by atoms with Gasteiger partial charge in [-0.2, -0.15) is 5.10 Å². The fourth-order valence-corrected chi connectivity index (χ4v) is 6.01. The van der Waals surface area contributed by atoms with Gasteiger partial charge in [-0.15, -0.1) is 0 Å². The van der Waals surface area contributed by atoms with Crippen LogP contribution >= 0.6 is 0 Å². The monoisotopic (exact) mass is 557 g/mol. The van der Waals surface area contributed by atoms with Crippen LogP contribution < -0.4 is 20.7 Å². The number of ether oxygens (including phenoxy) is 2. The zero-order valence-corrected chi connectivity index (χ0v) is 24.9. The Labute approximate surface area is 237 Å². The third kappa shape index (κ3) is 6.38. The highest BCUT2D eigenvalue weighted by Crippen LogP contribution is 2.32. The van der Waals surface area contributed by atoms with E-state index in [4.69, 9.17) is 14.6 Å². The maximum atomic E-state index is 13.3. The highest BCUT2D eigenvalue weighted by Gasteiger charge is 2.26. The zero-order valence-electron chi connectivity index (χ0n) is 23.9. The van der Waals surface area contributed by atoms with E-state index in [9.17, 15) is 4.79 Å². The Balaban J connectivity index is 1.34. The first-order valence-corrected chi connectivity index (χ1v) is 17.2. The van der Waals surface area contributed by atoms with E-state index in [2.05, 4.69) is 54.6 Å². The summed E-state index contributed by atoms with van der Waals surface area (Å²) in [5.41, 5.74) is 2.81. The van der Waals surface area contributed by atoms with Gasteiger partial charge in [0.1, 0.15) is 26.2 Å². The number of hydrogen-bond acceptors (Lipinski definition) is 5. The second-order valence-electron chi connectivity index (χ2n) is 10.9. The first-order valence-electron chi connectivity index (χ1n) is 14.0. The summed E-state index contributed by atoms with van der Waals surface area (Å²) in [5.74, 6) is 1.46. The van der Waals surface area contributed by atoms with Crippen molar-refractivity contribution in [1.29, 1.82) is 0 Å². The first-order chi connectivity index (χ1) is 19.3. The summed E-state index contributed by atoms with van der Waals surface area (Å²) in [6.07, 6.45) is 0. The lowest BCUT2D eigenvalue weighted by molar-refractivity contribution is 0.0323. The van der Waals surface area contributed by atoms with Crippen molar-refractivity contribution in [2.75, 3.05) is 50.1 Å². The van der Waals surface area contributed by atoms with Gasteiger partial charge in [-0.3, -0.25) is 10.2 Å². The highest BCUT2D eigenvalue weighted by atomic mass is 28.3. The number of anilines is 2. The van der Waals surface area contributed by atoms with Gasteiger partial charge < -0.3 is 14.8 Å². The number of aromatic nitrogens is 2. The molecule has 0 spiro atoms. The number of urea groups is 1. The fourth-order valence-electron chi connectivity index (χ4n) is 4.75. The van der Waals surface area contributed by atoms with Gasteiger partial charge in [-0.1, -0.05) is 68.0 Å². The molecule has 5 rings (SSSR count). The molecule has 1 aliphatic heterocycles. The van der Waals surface area contributed by atoms with E-state index < -0.39 is 8.07 Å². The summed E-state index contributed by atoms with van der Waals surface area (Å²) in [4.78, 5) is 15.7. The van der Waals surface area contributed by atoms with Crippen LogP contribution in [0.5, 0.6) is 5.75 Å². The number of amides is 2. The third-order valence-corrected chi connectivity index (χ3v) is 11.1. The predicted molar refractivity (Wildman–Crippen MR) is 165 cm³/mol. The van der Waals surface area contributed by atoms with Crippen LogP contribution in [0.1, 0.15) is 12.5 Å². The van der Waals surface area contributed by atoms with Gasteiger partial charge in [-0.05, 0) is 37.3 Å². The standard InChI is InChI=1S/C31H39N5O3Si/c1-5-40(3,4)30-22-29(36(34-30)24-12-10-23(2)11-13-24)33-31(37)32-27-14-15-28(26-9-7-6-8-25(26)27)39-21-18-35-16-19-38-20-17-35/h6-15,22H,5,16-21H2,1-4H3,(H2,32,33,37). The molecule has 0 atom stereocenters. The topological polar surface area (TPSA) is 80.6 Å². The van der Waals surface area contributed by atoms with Crippen molar-refractivity contribution in [3.8, 4) is 11.4 Å². The summed E-state index contributed by atoms with van der Waals surface area (Å²) in [6, 6.07) is 22.8. The van der Waals surface area contributed by atoms with Gasteiger partial charge in [0.05, 0.1) is 24.6 Å². The molecular formula is C31H39N5O3Si. The smallest absolute Gasteiger partial charge is 0.324 e. The number of morpholine rings is 1. The number of rotatable bonds is 9. The van der Waals surface area contributed by atoms with Crippen LogP contribution in [0.3, 0.4) is 0 Å². The van der Waals surface area contributed by atoms with Crippen LogP contribution in [0, 0.1) is 6.92 Å². The molecule has 1 fully saturated rings. The van der Waals surface area contributed by atoms with Gasteiger partial charge in [0.2, 0.25) is 0 Å². The number of fused-ring (bicyclic) bond motifs is 1. The lowest BCUT2D eigenvalue weighted by Crippen LogP contribution is -2.41. The Morgan fingerprint density at radius 2 is 1.73 bits per heavy atom. The summed E-state index contributed by atoms with van der Waals surface area (Å²) in [7, 11) is -1.72. The molecule has 2 amide bonds. The molecule has 210 valence electrons. The average molecular weight is 558 g/mol. The van der Waals surface area contributed by atoms with E-state index in [0.29, 0.717) is 12.4 Å². The highest BCUT2D eigenvalue weighted by molar-refractivity contribution is 6.89. The Morgan fingerprint density at radius 3 is 2.45 bits per heavy atom. The molecule has 0 saturated carbocycles. The summed E-state index contributed by atoms with van der Waals surface area (Å²) in [6.45, 7) is 13.7. The Kier molecular flexibility index (Phi) is 8.53. The average Bonchev–Trinajstić information content (AvgIpc) is 3.39. The van der Waals surface area contributed by atoms with Crippen molar-refractivity contribution in [2.45, 2.75) is 33.0 Å². The van der Waals surface area contributed by atoms with Crippen LogP contribution in [0.2, 0.25) is 19.1 Å². The second-order valence-corrected chi connectivity index (χ2v) is 15.9. The van der Waals surface area contributed by atoms with E-state index in [-0.39, 0.29) is 6.03 Å².